The van der Waals surface area contributed by atoms with Crippen LogP contribution in [0.5, 0.6) is 0 Å². The highest BCUT2D eigenvalue weighted by Crippen LogP contribution is 2.32. The van der Waals surface area contributed by atoms with Crippen molar-refractivity contribution in [3.63, 3.8) is 0 Å². The molecule has 15 nitrogen and oxygen atoms in total. The van der Waals surface area contributed by atoms with E-state index in [1.165, 1.54) is 63.1 Å². The summed E-state index contributed by atoms with van der Waals surface area (Å²) in [6.07, 6.45) is 5.95. The van der Waals surface area contributed by atoms with Gasteiger partial charge in [0.15, 0.2) is 0 Å². The molecule has 66 heavy (non-hydrogen) atoms. The molecule has 0 radical (unpaired) electrons. The van der Waals surface area contributed by atoms with Crippen LogP contribution in [0.15, 0.2) is 48.5 Å². The lowest BCUT2D eigenvalue weighted by atomic mass is 10.1. The lowest BCUT2D eigenvalue weighted by molar-refractivity contribution is -0.137. The number of benzene rings is 2. The van der Waals surface area contributed by atoms with Crippen LogP contribution in [0.1, 0.15) is 74.2 Å². The standard InChI is InChI=1S/C48H78F3NO14/c1-2-3-4-5-6-7-8-11-17-54-18-19-55-20-21-56-22-23-57-24-25-58-26-27-59-28-29-60-30-31-61-32-33-62-34-35-63-36-37-64-38-39-65-40-41-66-47(53)45-15-9-10-16-46(45)52-44-14-12-13-43(42-44)48(49,50)51/h9-10,12-16,42,52H,2-8,11,17-41H2,1H3. The van der Waals surface area contributed by atoms with E-state index in [4.69, 9.17) is 61.6 Å². The molecule has 0 aliphatic heterocycles. The van der Waals surface area contributed by atoms with Gasteiger partial charge in [-0.3, -0.25) is 0 Å². The maximum Gasteiger partial charge on any atom is 0.416 e. The molecule has 0 aromatic heterocycles. The van der Waals surface area contributed by atoms with E-state index in [1.807, 2.05) is 0 Å². The van der Waals surface area contributed by atoms with E-state index in [0.29, 0.717) is 151 Å². The molecule has 0 heterocycles. The van der Waals surface area contributed by atoms with E-state index in [1.54, 1.807) is 18.2 Å². The van der Waals surface area contributed by atoms with Crippen molar-refractivity contribution in [2.75, 3.05) is 170 Å². The maximum absolute atomic E-state index is 13.1. The summed E-state index contributed by atoms with van der Waals surface area (Å²) in [4.78, 5) is 12.6. The van der Waals surface area contributed by atoms with E-state index >= 15 is 0 Å². The lowest BCUT2D eigenvalue weighted by Crippen LogP contribution is -2.16. The summed E-state index contributed by atoms with van der Waals surface area (Å²) in [7, 11) is 0. The zero-order valence-electron chi connectivity index (χ0n) is 39.3. The van der Waals surface area contributed by atoms with E-state index < -0.39 is 17.7 Å². The molecule has 0 aliphatic carbocycles. The highest BCUT2D eigenvalue weighted by molar-refractivity contribution is 5.96. The number of unbranched alkanes of at least 4 members (excludes halogenated alkanes) is 7. The van der Waals surface area contributed by atoms with Crippen LogP contribution in [0.4, 0.5) is 24.5 Å². The molecule has 2 aromatic rings. The minimum atomic E-state index is -4.48. The first kappa shape index (κ1) is 59.1. The molecule has 1 N–H and O–H groups in total. The summed E-state index contributed by atoms with van der Waals surface area (Å²) in [5.74, 6) is -0.630. The molecule has 0 aliphatic rings. The monoisotopic (exact) mass is 950 g/mol. The van der Waals surface area contributed by atoms with Gasteiger partial charge in [0.1, 0.15) is 6.61 Å². The third-order valence-corrected chi connectivity index (χ3v) is 9.31. The summed E-state index contributed by atoms with van der Waals surface area (Å²) >= 11 is 0. The van der Waals surface area contributed by atoms with Gasteiger partial charge in [-0.15, -0.1) is 0 Å². The number of carbonyl (C=O) groups excluding carboxylic acids is 1. The number of hydrogen-bond acceptors (Lipinski definition) is 15. The molecule has 0 atom stereocenters. The number of rotatable bonds is 48. The maximum atomic E-state index is 13.1. The Balaban J connectivity index is 1.21. The Bertz CT molecular complexity index is 1400. The van der Waals surface area contributed by atoms with E-state index in [0.717, 1.165) is 25.2 Å². The van der Waals surface area contributed by atoms with Gasteiger partial charge in [-0.2, -0.15) is 13.2 Å². The second kappa shape index (κ2) is 43.3. The van der Waals surface area contributed by atoms with Gasteiger partial charge in [-0.1, -0.05) is 70.1 Å². The largest absolute Gasteiger partial charge is 0.460 e. The van der Waals surface area contributed by atoms with E-state index in [2.05, 4.69) is 12.2 Å². The Morgan fingerprint density at radius 3 is 1.17 bits per heavy atom. The fourth-order valence-corrected chi connectivity index (χ4v) is 5.83. The van der Waals surface area contributed by atoms with Gasteiger partial charge in [0, 0.05) is 12.3 Å². The van der Waals surface area contributed by atoms with Crippen LogP contribution >= 0.6 is 0 Å². The smallest absolute Gasteiger partial charge is 0.416 e. The quantitative estimate of drug-likeness (QED) is 0.0505. The fraction of sp³-hybridized carbons (Fsp3) is 0.729. The molecule has 0 amide bonds. The average Bonchev–Trinajstić information content (AvgIpc) is 3.31. The third-order valence-electron chi connectivity index (χ3n) is 9.31. The van der Waals surface area contributed by atoms with Gasteiger partial charge < -0.3 is 66.9 Å². The second-order valence-electron chi connectivity index (χ2n) is 14.7. The summed E-state index contributed by atoms with van der Waals surface area (Å²) in [5.41, 5.74) is -0.0938. The van der Waals surface area contributed by atoms with Crippen molar-refractivity contribution in [3.05, 3.63) is 59.7 Å². The van der Waals surface area contributed by atoms with Crippen LogP contribution < -0.4 is 5.32 Å². The molecule has 0 fully saturated rings. The van der Waals surface area contributed by atoms with Crippen LogP contribution in [0.25, 0.3) is 0 Å². The predicted molar refractivity (Wildman–Crippen MR) is 244 cm³/mol. The van der Waals surface area contributed by atoms with Gasteiger partial charge in [-0.25, -0.2) is 4.79 Å². The Labute approximate surface area is 390 Å². The molecule has 380 valence electrons. The molecule has 2 rings (SSSR count). The molecule has 0 spiro atoms. The molecule has 0 saturated heterocycles. The van der Waals surface area contributed by atoms with Crippen LogP contribution in [-0.2, 0) is 67.8 Å². The lowest BCUT2D eigenvalue weighted by Gasteiger charge is -2.13. The van der Waals surface area contributed by atoms with Crippen molar-refractivity contribution in [3.8, 4) is 0 Å². The first-order valence-electron chi connectivity index (χ1n) is 23.5. The highest BCUT2D eigenvalue weighted by atomic mass is 19.4. The summed E-state index contributed by atoms with van der Waals surface area (Å²) in [5, 5.41) is 2.86. The Morgan fingerprint density at radius 1 is 0.424 bits per heavy atom. The normalized spacial score (nSPS) is 11.7. The third kappa shape index (κ3) is 35.2. The molecular weight excluding hydrogens is 872 g/mol. The number of carbonyl (C=O) groups is 1. The first-order chi connectivity index (χ1) is 32.4. The second-order valence-corrected chi connectivity index (χ2v) is 14.7. The first-order valence-corrected chi connectivity index (χ1v) is 23.5. The van der Waals surface area contributed by atoms with Gasteiger partial charge in [0.25, 0.3) is 0 Å². The van der Waals surface area contributed by atoms with Crippen molar-refractivity contribution in [2.24, 2.45) is 0 Å². The van der Waals surface area contributed by atoms with E-state index in [9.17, 15) is 18.0 Å². The SMILES string of the molecule is CCCCCCCCCCOCCOCCOCCOCCOCCOCCOCCOCCOCCOCCOCCOCCOC(=O)c1ccccc1Nc1cccc(C(F)(F)F)c1. The van der Waals surface area contributed by atoms with Crippen molar-refractivity contribution < 1.29 is 79.5 Å². The van der Waals surface area contributed by atoms with Crippen LogP contribution in [0.2, 0.25) is 0 Å². The number of hydrogen-bond donors (Lipinski definition) is 1. The number of esters is 1. The summed E-state index contributed by atoms with van der Waals surface area (Å²) in [6, 6.07) is 11.1. The van der Waals surface area contributed by atoms with Crippen LogP contribution in [-0.4, -0.2) is 171 Å². The Kier molecular flexibility index (Phi) is 38.8. The van der Waals surface area contributed by atoms with Crippen molar-refractivity contribution >= 4 is 17.3 Å². The zero-order chi connectivity index (χ0) is 47.3. The molecular formula is C48H78F3NO14. The number of anilines is 2. The summed E-state index contributed by atoms with van der Waals surface area (Å²) in [6.45, 7) is 13.6. The number of halogens is 3. The molecule has 18 heteroatoms. The number of alkyl halides is 3. The number of nitrogens with one attached hydrogen (secondary N) is 1. The molecule has 0 bridgehead atoms. The predicted octanol–water partition coefficient (Wildman–Crippen LogP) is 7.95. The molecule has 0 unspecified atom stereocenters. The summed E-state index contributed by atoms with van der Waals surface area (Å²) < 4.78 is 111. The Morgan fingerprint density at radius 2 is 0.773 bits per heavy atom. The van der Waals surface area contributed by atoms with Crippen LogP contribution in [0, 0.1) is 0 Å². The van der Waals surface area contributed by atoms with E-state index in [-0.39, 0.29) is 24.5 Å². The molecule has 2 aromatic carbocycles. The van der Waals surface area contributed by atoms with Crippen molar-refractivity contribution in [1.29, 1.82) is 0 Å². The van der Waals surface area contributed by atoms with Gasteiger partial charge in [0.05, 0.1) is 169 Å². The topological polar surface area (TPSA) is 149 Å². The Hall–Kier alpha value is -2.98. The van der Waals surface area contributed by atoms with Crippen molar-refractivity contribution in [1.82, 2.24) is 0 Å². The number of ether oxygens (including phenoxy) is 13. The van der Waals surface area contributed by atoms with Gasteiger partial charge in [-0.05, 0) is 36.8 Å². The highest BCUT2D eigenvalue weighted by Gasteiger charge is 2.30. The minimum absolute atomic E-state index is 0.00403. The average molecular weight is 950 g/mol. The van der Waals surface area contributed by atoms with Gasteiger partial charge >= 0.3 is 12.1 Å². The molecule has 0 saturated carbocycles. The van der Waals surface area contributed by atoms with Crippen molar-refractivity contribution in [2.45, 2.75) is 64.5 Å². The van der Waals surface area contributed by atoms with Gasteiger partial charge in [0.2, 0.25) is 0 Å². The van der Waals surface area contributed by atoms with Crippen LogP contribution in [0.3, 0.4) is 0 Å². The fourth-order valence-electron chi connectivity index (χ4n) is 5.83. The number of para-hydroxylation sites is 1. The zero-order valence-corrected chi connectivity index (χ0v) is 39.3. The minimum Gasteiger partial charge on any atom is -0.460 e.